The number of fused-ring (bicyclic) bond motifs is 1. The molecule has 3 nitrogen and oxygen atoms in total. The Hall–Kier alpha value is -1.52. The van der Waals surface area contributed by atoms with Crippen molar-refractivity contribution in [2.24, 2.45) is 11.1 Å². The fraction of sp³-hybridized carbons (Fsp3) is 0.500. The highest BCUT2D eigenvalue weighted by atomic mass is 19.1. The van der Waals surface area contributed by atoms with E-state index >= 15 is 0 Å². The number of hydrogen-bond donors (Lipinski definition) is 1. The van der Waals surface area contributed by atoms with E-state index in [0.717, 1.165) is 36.9 Å². The normalized spacial score (nSPS) is 18.7. The SMILES string of the molecule is CC1(C)CCN(Cc2cc3cc(CN)ccc3nc2F)CC1. The lowest BCUT2D eigenvalue weighted by Crippen LogP contribution is -2.37. The number of halogens is 1. The topological polar surface area (TPSA) is 42.1 Å². The summed E-state index contributed by atoms with van der Waals surface area (Å²) >= 11 is 0. The van der Waals surface area contributed by atoms with Crippen molar-refractivity contribution < 1.29 is 4.39 Å². The quantitative estimate of drug-likeness (QED) is 0.883. The van der Waals surface area contributed by atoms with Crippen LogP contribution in [0.4, 0.5) is 4.39 Å². The summed E-state index contributed by atoms with van der Waals surface area (Å²) in [5.74, 6) is -0.349. The standard InChI is InChI=1S/C18H24FN3/c1-18(2)5-7-22(8-6-18)12-15-10-14-9-13(11-20)3-4-16(14)21-17(15)19/h3-4,9-10H,5-8,11-12,20H2,1-2H3. The van der Waals surface area contributed by atoms with Gasteiger partial charge < -0.3 is 5.73 Å². The summed E-state index contributed by atoms with van der Waals surface area (Å²) in [6.45, 7) is 7.77. The summed E-state index contributed by atoms with van der Waals surface area (Å²) in [7, 11) is 0. The molecule has 1 aromatic heterocycles. The highest BCUT2D eigenvalue weighted by Crippen LogP contribution is 2.30. The van der Waals surface area contributed by atoms with Gasteiger partial charge in [0.1, 0.15) is 0 Å². The van der Waals surface area contributed by atoms with Crippen molar-refractivity contribution in [2.75, 3.05) is 13.1 Å². The Balaban J connectivity index is 1.82. The van der Waals surface area contributed by atoms with Crippen LogP contribution >= 0.6 is 0 Å². The van der Waals surface area contributed by atoms with Gasteiger partial charge in [0, 0.05) is 24.0 Å². The average molecular weight is 301 g/mol. The molecule has 0 atom stereocenters. The van der Waals surface area contributed by atoms with Gasteiger partial charge in [0.15, 0.2) is 0 Å². The minimum Gasteiger partial charge on any atom is -0.326 e. The minimum absolute atomic E-state index is 0.349. The van der Waals surface area contributed by atoms with Crippen molar-refractivity contribution in [1.29, 1.82) is 0 Å². The molecule has 1 fully saturated rings. The number of benzene rings is 1. The third kappa shape index (κ3) is 3.28. The van der Waals surface area contributed by atoms with Crippen LogP contribution in [0.25, 0.3) is 10.9 Å². The van der Waals surface area contributed by atoms with Gasteiger partial charge in [-0.05, 0) is 55.1 Å². The molecule has 0 radical (unpaired) electrons. The fourth-order valence-electron chi connectivity index (χ4n) is 3.04. The van der Waals surface area contributed by atoms with Gasteiger partial charge in [0.25, 0.3) is 0 Å². The third-order valence-corrected chi connectivity index (χ3v) is 4.74. The number of hydrogen-bond acceptors (Lipinski definition) is 3. The summed E-state index contributed by atoms with van der Waals surface area (Å²) in [6.07, 6.45) is 2.32. The summed E-state index contributed by atoms with van der Waals surface area (Å²) in [5, 5.41) is 0.969. The zero-order valence-electron chi connectivity index (χ0n) is 13.4. The van der Waals surface area contributed by atoms with Gasteiger partial charge in [-0.3, -0.25) is 4.90 Å². The molecular weight excluding hydrogens is 277 g/mol. The molecule has 1 aliphatic rings. The summed E-state index contributed by atoms with van der Waals surface area (Å²) in [6, 6.07) is 7.68. The van der Waals surface area contributed by atoms with Crippen LogP contribution < -0.4 is 5.73 Å². The van der Waals surface area contributed by atoms with Crippen LogP contribution in [-0.4, -0.2) is 23.0 Å². The maximum absolute atomic E-state index is 14.2. The van der Waals surface area contributed by atoms with E-state index in [1.165, 1.54) is 0 Å². The molecule has 2 heterocycles. The summed E-state index contributed by atoms with van der Waals surface area (Å²) in [5.41, 5.74) is 8.51. The lowest BCUT2D eigenvalue weighted by Gasteiger charge is -2.36. The first kappa shape index (κ1) is 15.4. The highest BCUT2D eigenvalue weighted by Gasteiger charge is 2.25. The van der Waals surface area contributed by atoms with Crippen molar-refractivity contribution in [1.82, 2.24) is 9.88 Å². The molecule has 22 heavy (non-hydrogen) atoms. The number of pyridine rings is 1. The molecule has 3 rings (SSSR count). The number of aromatic nitrogens is 1. The molecule has 1 saturated heterocycles. The minimum atomic E-state index is -0.349. The van der Waals surface area contributed by atoms with Crippen molar-refractivity contribution in [3.05, 3.63) is 41.3 Å². The van der Waals surface area contributed by atoms with Crippen molar-refractivity contribution >= 4 is 10.9 Å². The Labute approximate surface area is 131 Å². The first-order chi connectivity index (χ1) is 10.5. The van der Waals surface area contributed by atoms with Gasteiger partial charge in [-0.2, -0.15) is 4.39 Å². The lowest BCUT2D eigenvalue weighted by molar-refractivity contribution is 0.126. The van der Waals surface area contributed by atoms with Gasteiger partial charge in [0.05, 0.1) is 5.52 Å². The molecule has 1 aromatic carbocycles. The number of rotatable bonds is 3. The number of piperidine rings is 1. The van der Waals surface area contributed by atoms with Crippen LogP contribution in [0.15, 0.2) is 24.3 Å². The Morgan fingerprint density at radius 1 is 1.23 bits per heavy atom. The van der Waals surface area contributed by atoms with Gasteiger partial charge >= 0.3 is 0 Å². The van der Waals surface area contributed by atoms with E-state index in [0.29, 0.717) is 29.6 Å². The van der Waals surface area contributed by atoms with Crippen LogP contribution in [0.5, 0.6) is 0 Å². The fourth-order valence-corrected chi connectivity index (χ4v) is 3.04. The lowest BCUT2D eigenvalue weighted by atomic mass is 9.82. The van der Waals surface area contributed by atoms with Gasteiger partial charge in [-0.1, -0.05) is 19.9 Å². The first-order valence-electron chi connectivity index (χ1n) is 7.97. The molecule has 118 valence electrons. The maximum Gasteiger partial charge on any atom is 0.217 e. The summed E-state index contributed by atoms with van der Waals surface area (Å²) in [4.78, 5) is 6.43. The van der Waals surface area contributed by atoms with Crippen LogP contribution in [0, 0.1) is 11.4 Å². The first-order valence-corrected chi connectivity index (χ1v) is 7.97. The molecule has 1 aliphatic heterocycles. The van der Waals surface area contributed by atoms with Gasteiger partial charge in [-0.25, -0.2) is 4.98 Å². The van der Waals surface area contributed by atoms with Crippen LogP contribution in [0.1, 0.15) is 37.8 Å². The largest absolute Gasteiger partial charge is 0.326 e. The second-order valence-corrected chi connectivity index (χ2v) is 7.11. The molecule has 0 spiro atoms. The van der Waals surface area contributed by atoms with E-state index in [9.17, 15) is 4.39 Å². The monoisotopic (exact) mass is 301 g/mol. The Bertz CT molecular complexity index is 671. The van der Waals surface area contributed by atoms with Crippen molar-refractivity contribution in [3.8, 4) is 0 Å². The van der Waals surface area contributed by atoms with E-state index in [4.69, 9.17) is 5.73 Å². The Morgan fingerprint density at radius 3 is 2.64 bits per heavy atom. The third-order valence-electron chi connectivity index (χ3n) is 4.74. The second-order valence-electron chi connectivity index (χ2n) is 7.11. The average Bonchev–Trinajstić information content (AvgIpc) is 2.49. The maximum atomic E-state index is 14.2. The second kappa shape index (κ2) is 5.94. The zero-order chi connectivity index (χ0) is 15.7. The molecule has 4 heteroatoms. The predicted molar refractivity (Wildman–Crippen MR) is 87.9 cm³/mol. The van der Waals surface area contributed by atoms with E-state index in [1.54, 1.807) is 0 Å². The Morgan fingerprint density at radius 2 is 1.95 bits per heavy atom. The molecule has 0 unspecified atom stereocenters. The smallest absolute Gasteiger partial charge is 0.217 e. The molecule has 0 saturated carbocycles. The molecular formula is C18H24FN3. The zero-order valence-corrected chi connectivity index (χ0v) is 13.4. The molecule has 0 aliphatic carbocycles. The van der Waals surface area contributed by atoms with Crippen LogP contribution in [-0.2, 0) is 13.1 Å². The molecule has 2 aromatic rings. The van der Waals surface area contributed by atoms with Crippen LogP contribution in [0.2, 0.25) is 0 Å². The van der Waals surface area contributed by atoms with Crippen LogP contribution in [0.3, 0.4) is 0 Å². The highest BCUT2D eigenvalue weighted by molar-refractivity contribution is 5.79. The van der Waals surface area contributed by atoms with E-state index in [1.807, 2.05) is 24.3 Å². The Kier molecular flexibility index (Phi) is 4.15. The molecule has 0 amide bonds. The summed E-state index contributed by atoms with van der Waals surface area (Å²) < 4.78 is 14.2. The number of likely N-dealkylation sites (tertiary alicyclic amines) is 1. The van der Waals surface area contributed by atoms with Crippen molar-refractivity contribution in [2.45, 2.75) is 39.8 Å². The number of nitrogens with zero attached hydrogens (tertiary/aromatic N) is 2. The molecule has 2 N–H and O–H groups in total. The van der Waals surface area contributed by atoms with Gasteiger partial charge in [0.2, 0.25) is 5.95 Å². The predicted octanol–water partition coefficient (Wildman–Crippen LogP) is 3.45. The van der Waals surface area contributed by atoms with Crippen molar-refractivity contribution in [3.63, 3.8) is 0 Å². The number of nitrogens with two attached hydrogens (primary N) is 1. The van der Waals surface area contributed by atoms with E-state index < -0.39 is 0 Å². The van der Waals surface area contributed by atoms with E-state index in [2.05, 4.69) is 23.7 Å². The van der Waals surface area contributed by atoms with Gasteiger partial charge in [-0.15, -0.1) is 0 Å². The van der Waals surface area contributed by atoms with E-state index in [-0.39, 0.29) is 5.95 Å². The molecule has 0 bridgehead atoms.